The summed E-state index contributed by atoms with van der Waals surface area (Å²) in [5.74, 6) is 0.216. The van der Waals surface area contributed by atoms with Crippen LogP contribution in [0.5, 0.6) is 0 Å². The van der Waals surface area contributed by atoms with Crippen LogP contribution in [0.1, 0.15) is 17.5 Å². The molecule has 0 aromatic heterocycles. The quantitative estimate of drug-likeness (QED) is 0.906. The number of likely N-dealkylation sites (N-methyl/N-ethyl adjacent to an activating group) is 1. The zero-order valence-electron chi connectivity index (χ0n) is 11.0. The monoisotopic (exact) mass is 268 g/mol. The maximum Gasteiger partial charge on any atom is 0.227 e. The largest absolute Gasteiger partial charge is 0.341 e. The van der Waals surface area contributed by atoms with Crippen molar-refractivity contribution in [1.29, 1.82) is 0 Å². The maximum atomic E-state index is 12.1. The van der Waals surface area contributed by atoms with Gasteiger partial charge in [-0.25, -0.2) is 0 Å². The first-order chi connectivity index (χ1) is 8.18. The lowest BCUT2D eigenvalue weighted by atomic mass is 10.0. The summed E-state index contributed by atoms with van der Waals surface area (Å²) >= 11 is 0. The number of nitrogens with one attached hydrogen (secondary N) is 1. The summed E-state index contributed by atoms with van der Waals surface area (Å²) in [6, 6.07) is 8.46. The highest BCUT2D eigenvalue weighted by Crippen LogP contribution is 2.12. The minimum atomic E-state index is 0. The Morgan fingerprint density at radius 3 is 2.78 bits per heavy atom. The first-order valence-electron chi connectivity index (χ1n) is 6.19. The number of halogens is 1. The van der Waals surface area contributed by atoms with Crippen molar-refractivity contribution in [3.05, 3.63) is 35.4 Å². The molecule has 18 heavy (non-hydrogen) atoms. The highest BCUT2D eigenvalue weighted by atomic mass is 35.5. The van der Waals surface area contributed by atoms with Crippen molar-refractivity contribution in [3.63, 3.8) is 0 Å². The summed E-state index contributed by atoms with van der Waals surface area (Å²) < 4.78 is 0. The molecule has 1 amide bonds. The van der Waals surface area contributed by atoms with Crippen LogP contribution in [0.2, 0.25) is 0 Å². The number of hydrogen-bond donors (Lipinski definition) is 1. The zero-order valence-corrected chi connectivity index (χ0v) is 11.8. The van der Waals surface area contributed by atoms with E-state index < -0.39 is 0 Å². The zero-order chi connectivity index (χ0) is 12.3. The number of nitrogens with zero attached hydrogens (tertiary/aromatic N) is 1. The lowest BCUT2D eigenvalue weighted by Crippen LogP contribution is -2.39. The van der Waals surface area contributed by atoms with Crippen molar-refractivity contribution in [2.75, 3.05) is 20.1 Å². The molecular weight excluding hydrogens is 248 g/mol. The number of rotatable bonds is 3. The number of carbonyl (C=O) groups is 1. The Morgan fingerprint density at radius 1 is 1.44 bits per heavy atom. The van der Waals surface area contributed by atoms with Crippen molar-refractivity contribution >= 4 is 18.3 Å². The van der Waals surface area contributed by atoms with Gasteiger partial charge in [0.15, 0.2) is 0 Å². The average Bonchev–Trinajstić information content (AvgIpc) is 2.84. The Labute approximate surface area is 115 Å². The molecule has 0 bridgehead atoms. The minimum absolute atomic E-state index is 0. The third-order valence-electron chi connectivity index (χ3n) is 3.58. The van der Waals surface area contributed by atoms with Crippen LogP contribution in [0.25, 0.3) is 0 Å². The Balaban J connectivity index is 0.00000162. The lowest BCUT2D eigenvalue weighted by molar-refractivity contribution is -0.130. The van der Waals surface area contributed by atoms with Gasteiger partial charge < -0.3 is 10.2 Å². The average molecular weight is 269 g/mol. The van der Waals surface area contributed by atoms with Gasteiger partial charge in [-0.15, -0.1) is 12.4 Å². The maximum absolute atomic E-state index is 12.1. The molecule has 1 N–H and O–H groups in total. The van der Waals surface area contributed by atoms with E-state index in [1.165, 1.54) is 5.56 Å². The van der Waals surface area contributed by atoms with E-state index in [0.29, 0.717) is 12.5 Å². The van der Waals surface area contributed by atoms with Gasteiger partial charge in [0.2, 0.25) is 5.91 Å². The Morgan fingerprint density at radius 2 is 2.17 bits per heavy atom. The van der Waals surface area contributed by atoms with Crippen LogP contribution >= 0.6 is 12.4 Å². The van der Waals surface area contributed by atoms with Crippen LogP contribution in [0.15, 0.2) is 24.3 Å². The van der Waals surface area contributed by atoms with Crippen LogP contribution in [-0.2, 0) is 11.2 Å². The molecule has 2 rings (SSSR count). The molecule has 1 unspecified atom stereocenters. The van der Waals surface area contributed by atoms with Crippen LogP contribution in [0.4, 0.5) is 0 Å². The van der Waals surface area contributed by atoms with E-state index in [2.05, 4.69) is 18.3 Å². The second kappa shape index (κ2) is 6.76. The number of hydrogen-bond acceptors (Lipinski definition) is 2. The summed E-state index contributed by atoms with van der Waals surface area (Å²) in [5.41, 5.74) is 2.33. The number of benzene rings is 1. The summed E-state index contributed by atoms with van der Waals surface area (Å²) in [7, 11) is 1.91. The summed E-state index contributed by atoms with van der Waals surface area (Å²) in [4.78, 5) is 14.0. The minimum Gasteiger partial charge on any atom is -0.341 e. The normalized spacial score (nSPS) is 18.2. The molecule has 1 aliphatic rings. The lowest BCUT2D eigenvalue weighted by Gasteiger charge is -2.24. The molecule has 0 aliphatic carbocycles. The Bertz CT molecular complexity index is 403. The molecule has 100 valence electrons. The predicted molar refractivity (Wildman–Crippen MR) is 76.2 cm³/mol. The fraction of sp³-hybridized carbons (Fsp3) is 0.500. The summed E-state index contributed by atoms with van der Waals surface area (Å²) in [6.45, 7) is 4.00. The van der Waals surface area contributed by atoms with Crippen LogP contribution in [-0.4, -0.2) is 37.0 Å². The fourth-order valence-corrected chi connectivity index (χ4v) is 2.27. The molecule has 1 atom stereocenters. The Hall–Kier alpha value is -1.06. The molecule has 0 radical (unpaired) electrons. The van der Waals surface area contributed by atoms with Gasteiger partial charge in [0.1, 0.15) is 0 Å². The van der Waals surface area contributed by atoms with Gasteiger partial charge in [-0.1, -0.05) is 24.3 Å². The molecule has 1 heterocycles. The first kappa shape index (κ1) is 15.0. The standard InChI is InChI=1S/C14H20N2O.ClH/c1-11-5-3-4-6-12(11)9-14(17)16(2)13-7-8-15-10-13;/h3-6,13,15H,7-10H2,1-2H3;1H. The Kier molecular flexibility index (Phi) is 5.63. The van der Waals surface area contributed by atoms with Gasteiger partial charge in [0.25, 0.3) is 0 Å². The van der Waals surface area contributed by atoms with Crippen molar-refractivity contribution in [3.8, 4) is 0 Å². The highest BCUT2D eigenvalue weighted by molar-refractivity contribution is 5.85. The van der Waals surface area contributed by atoms with Gasteiger partial charge in [-0.3, -0.25) is 4.79 Å². The van der Waals surface area contributed by atoms with Gasteiger partial charge >= 0.3 is 0 Å². The SMILES string of the molecule is Cc1ccccc1CC(=O)N(C)C1CCNC1.Cl. The summed E-state index contributed by atoms with van der Waals surface area (Å²) in [5, 5.41) is 3.29. The van der Waals surface area contributed by atoms with E-state index in [1.54, 1.807) is 0 Å². The first-order valence-corrected chi connectivity index (χ1v) is 6.19. The third kappa shape index (κ3) is 3.47. The van der Waals surface area contributed by atoms with E-state index in [0.717, 1.165) is 25.1 Å². The molecule has 1 aromatic rings. The van der Waals surface area contributed by atoms with Crippen molar-refractivity contribution < 1.29 is 4.79 Å². The van der Waals surface area contributed by atoms with Gasteiger partial charge in [-0.2, -0.15) is 0 Å². The van der Waals surface area contributed by atoms with E-state index >= 15 is 0 Å². The predicted octanol–water partition coefficient (Wildman–Crippen LogP) is 1.78. The van der Waals surface area contributed by atoms with Gasteiger partial charge in [-0.05, 0) is 31.0 Å². The van der Waals surface area contributed by atoms with Crippen molar-refractivity contribution in [2.45, 2.75) is 25.8 Å². The van der Waals surface area contributed by atoms with Crippen LogP contribution < -0.4 is 5.32 Å². The van der Waals surface area contributed by atoms with E-state index in [4.69, 9.17) is 0 Å². The third-order valence-corrected chi connectivity index (χ3v) is 3.58. The summed E-state index contributed by atoms with van der Waals surface area (Å²) in [6.07, 6.45) is 1.58. The molecule has 4 heteroatoms. The van der Waals surface area contributed by atoms with Gasteiger partial charge in [0, 0.05) is 19.6 Å². The van der Waals surface area contributed by atoms with Gasteiger partial charge in [0.05, 0.1) is 6.42 Å². The molecule has 0 saturated carbocycles. The molecular formula is C14H21ClN2O. The van der Waals surface area contributed by atoms with E-state index in [-0.39, 0.29) is 18.3 Å². The number of amides is 1. The highest BCUT2D eigenvalue weighted by Gasteiger charge is 2.23. The second-order valence-electron chi connectivity index (χ2n) is 4.75. The van der Waals surface area contributed by atoms with Crippen LogP contribution in [0.3, 0.4) is 0 Å². The van der Waals surface area contributed by atoms with E-state index in [9.17, 15) is 4.79 Å². The van der Waals surface area contributed by atoms with Crippen LogP contribution in [0, 0.1) is 6.92 Å². The fourth-order valence-electron chi connectivity index (χ4n) is 2.27. The van der Waals surface area contributed by atoms with Crippen molar-refractivity contribution in [2.24, 2.45) is 0 Å². The molecule has 3 nitrogen and oxygen atoms in total. The molecule has 1 fully saturated rings. The molecule has 1 aliphatic heterocycles. The van der Waals surface area contributed by atoms with E-state index in [1.807, 2.05) is 30.1 Å². The molecule has 1 saturated heterocycles. The number of aryl methyl sites for hydroxylation is 1. The molecule has 0 spiro atoms. The molecule has 1 aromatic carbocycles. The second-order valence-corrected chi connectivity index (χ2v) is 4.75. The smallest absolute Gasteiger partial charge is 0.227 e. The number of carbonyl (C=O) groups excluding carboxylic acids is 1. The van der Waals surface area contributed by atoms with Crippen molar-refractivity contribution in [1.82, 2.24) is 10.2 Å². The topological polar surface area (TPSA) is 32.3 Å².